The van der Waals surface area contributed by atoms with Gasteiger partial charge in [-0.05, 0) is 72.6 Å². The fourth-order valence-corrected chi connectivity index (χ4v) is 6.44. The Kier molecular flexibility index (Phi) is 3.55. The molecule has 5 rings (SSSR count). The van der Waals surface area contributed by atoms with Crippen molar-refractivity contribution in [2.75, 3.05) is 20.3 Å². The Morgan fingerprint density at radius 3 is 2.80 bits per heavy atom. The quantitative estimate of drug-likeness (QED) is 0.744. The van der Waals surface area contributed by atoms with Crippen molar-refractivity contribution in [3.63, 3.8) is 0 Å². The van der Waals surface area contributed by atoms with Crippen LogP contribution in [0.3, 0.4) is 0 Å². The van der Waals surface area contributed by atoms with Crippen LogP contribution in [0.1, 0.15) is 49.7 Å². The lowest BCUT2D eigenvalue weighted by Gasteiger charge is -2.59. The minimum atomic E-state index is -0.0442. The molecule has 0 bridgehead atoms. The average Bonchev–Trinajstić information content (AvgIpc) is 3.30. The molecule has 3 aliphatic carbocycles. The van der Waals surface area contributed by atoms with Gasteiger partial charge >= 0.3 is 0 Å². The van der Waals surface area contributed by atoms with Gasteiger partial charge < -0.3 is 14.2 Å². The molecule has 1 aromatic carbocycles. The third kappa shape index (κ3) is 2.12. The highest BCUT2D eigenvalue weighted by atomic mass is 16.7. The van der Waals surface area contributed by atoms with E-state index >= 15 is 0 Å². The van der Waals surface area contributed by atoms with E-state index in [1.807, 2.05) is 0 Å². The molecule has 134 valence electrons. The number of benzene rings is 1. The van der Waals surface area contributed by atoms with Crippen LogP contribution in [0.15, 0.2) is 30.4 Å². The van der Waals surface area contributed by atoms with Gasteiger partial charge in [-0.15, -0.1) is 0 Å². The van der Waals surface area contributed by atoms with Crippen molar-refractivity contribution in [1.82, 2.24) is 0 Å². The first-order valence-corrected chi connectivity index (χ1v) is 9.75. The molecule has 25 heavy (non-hydrogen) atoms. The van der Waals surface area contributed by atoms with Crippen molar-refractivity contribution in [2.45, 2.75) is 51.2 Å². The molecule has 0 spiro atoms. The van der Waals surface area contributed by atoms with Gasteiger partial charge in [0.05, 0.1) is 20.3 Å². The fourth-order valence-electron chi connectivity index (χ4n) is 6.44. The molecule has 4 aliphatic rings. The summed E-state index contributed by atoms with van der Waals surface area (Å²) < 4.78 is 17.8. The van der Waals surface area contributed by atoms with E-state index in [9.17, 15) is 0 Å². The van der Waals surface area contributed by atoms with Crippen molar-refractivity contribution in [2.24, 2.45) is 16.7 Å². The SMILES string of the molecule is COc1ccc2c(c1)CC[C@]1(C3OCCO3)C2CC[C@]2(C)C=CCC12. The van der Waals surface area contributed by atoms with Crippen LogP contribution < -0.4 is 4.74 Å². The Labute approximate surface area is 150 Å². The van der Waals surface area contributed by atoms with Crippen LogP contribution >= 0.6 is 0 Å². The van der Waals surface area contributed by atoms with Gasteiger partial charge in [0.25, 0.3) is 0 Å². The van der Waals surface area contributed by atoms with Crippen LogP contribution in [0.25, 0.3) is 0 Å². The van der Waals surface area contributed by atoms with E-state index in [0.717, 1.165) is 31.8 Å². The zero-order chi connectivity index (χ0) is 17.1. The van der Waals surface area contributed by atoms with Gasteiger partial charge in [0.2, 0.25) is 0 Å². The second kappa shape index (κ2) is 5.59. The zero-order valence-electron chi connectivity index (χ0n) is 15.3. The summed E-state index contributed by atoms with van der Waals surface area (Å²) in [5.74, 6) is 2.13. The van der Waals surface area contributed by atoms with Crippen LogP contribution in [0, 0.1) is 16.7 Å². The van der Waals surface area contributed by atoms with Gasteiger partial charge in [-0.3, -0.25) is 0 Å². The predicted molar refractivity (Wildman–Crippen MR) is 96.8 cm³/mol. The molecule has 1 aliphatic heterocycles. The normalized spacial score (nSPS) is 39.8. The molecule has 3 nitrogen and oxygen atoms in total. The van der Waals surface area contributed by atoms with E-state index in [1.54, 1.807) is 7.11 Å². The highest BCUT2D eigenvalue weighted by Crippen LogP contribution is 2.67. The molecule has 2 fully saturated rings. The summed E-state index contributed by atoms with van der Waals surface area (Å²) >= 11 is 0. The number of rotatable bonds is 2. The molecule has 4 atom stereocenters. The van der Waals surface area contributed by atoms with Crippen LogP contribution in [0.4, 0.5) is 0 Å². The molecule has 3 heteroatoms. The molecule has 0 radical (unpaired) electrons. The maximum Gasteiger partial charge on any atom is 0.164 e. The summed E-state index contributed by atoms with van der Waals surface area (Å²) in [6.45, 7) is 3.94. The van der Waals surface area contributed by atoms with Gasteiger partial charge in [-0.1, -0.05) is 25.1 Å². The third-order valence-corrected chi connectivity index (χ3v) is 7.55. The molecule has 2 unspecified atom stereocenters. The zero-order valence-corrected chi connectivity index (χ0v) is 15.3. The average molecular weight is 340 g/mol. The van der Waals surface area contributed by atoms with E-state index < -0.39 is 0 Å². The van der Waals surface area contributed by atoms with Gasteiger partial charge in [0.15, 0.2) is 6.29 Å². The minimum absolute atomic E-state index is 0.0442. The van der Waals surface area contributed by atoms with Crippen molar-refractivity contribution in [1.29, 1.82) is 0 Å². The minimum Gasteiger partial charge on any atom is -0.497 e. The van der Waals surface area contributed by atoms with Gasteiger partial charge in [-0.25, -0.2) is 0 Å². The van der Waals surface area contributed by atoms with Crippen molar-refractivity contribution >= 4 is 0 Å². The molecule has 0 amide bonds. The maximum absolute atomic E-state index is 6.19. The lowest BCUT2D eigenvalue weighted by atomic mass is 9.47. The van der Waals surface area contributed by atoms with E-state index in [1.165, 1.54) is 30.4 Å². The lowest BCUT2D eigenvalue weighted by molar-refractivity contribution is -0.200. The van der Waals surface area contributed by atoms with Gasteiger partial charge in [-0.2, -0.15) is 0 Å². The number of hydrogen-bond donors (Lipinski definition) is 0. The molecular weight excluding hydrogens is 312 g/mol. The number of fused-ring (bicyclic) bond motifs is 5. The largest absolute Gasteiger partial charge is 0.497 e. The monoisotopic (exact) mass is 340 g/mol. The van der Waals surface area contributed by atoms with E-state index in [-0.39, 0.29) is 11.7 Å². The second-order valence-corrected chi connectivity index (χ2v) is 8.54. The number of hydrogen-bond acceptors (Lipinski definition) is 3. The number of methoxy groups -OCH3 is 1. The van der Waals surface area contributed by atoms with Crippen LogP contribution in [0.5, 0.6) is 5.75 Å². The van der Waals surface area contributed by atoms with Crippen molar-refractivity contribution in [3.8, 4) is 5.75 Å². The lowest BCUT2D eigenvalue weighted by Crippen LogP contribution is -2.55. The summed E-state index contributed by atoms with van der Waals surface area (Å²) in [6.07, 6.45) is 10.8. The molecule has 1 saturated carbocycles. The van der Waals surface area contributed by atoms with Crippen LogP contribution in [-0.4, -0.2) is 26.6 Å². The number of allylic oxidation sites excluding steroid dienone is 2. The topological polar surface area (TPSA) is 27.7 Å². The summed E-state index contributed by atoms with van der Waals surface area (Å²) in [6, 6.07) is 6.69. The van der Waals surface area contributed by atoms with Crippen LogP contribution in [0.2, 0.25) is 0 Å². The van der Waals surface area contributed by atoms with Gasteiger partial charge in [0.1, 0.15) is 5.75 Å². The first kappa shape index (κ1) is 15.9. The highest BCUT2D eigenvalue weighted by Gasteiger charge is 2.62. The Bertz CT molecular complexity index is 705. The van der Waals surface area contributed by atoms with E-state index in [2.05, 4.69) is 37.3 Å². The first-order chi connectivity index (χ1) is 12.2. The Hall–Kier alpha value is -1.32. The smallest absolute Gasteiger partial charge is 0.164 e. The Morgan fingerprint density at radius 2 is 2.00 bits per heavy atom. The number of aryl methyl sites for hydroxylation is 1. The standard InChI is InChI=1S/C22H28O3/c1-21-9-3-4-19(21)22(20-24-12-13-25-20)11-7-15-14-16(23-2)5-6-17(15)18(22)8-10-21/h3,5-6,9,14,18-20H,4,7-8,10-13H2,1-2H3/t18?,19?,21-,22-/m0/s1. The highest BCUT2D eigenvalue weighted by molar-refractivity contribution is 5.43. The predicted octanol–water partition coefficient (Wildman–Crippen LogP) is 4.46. The van der Waals surface area contributed by atoms with E-state index in [0.29, 0.717) is 17.3 Å². The van der Waals surface area contributed by atoms with Gasteiger partial charge in [0, 0.05) is 5.41 Å². The maximum atomic E-state index is 6.19. The third-order valence-electron chi connectivity index (χ3n) is 7.55. The molecule has 0 N–H and O–H groups in total. The summed E-state index contributed by atoms with van der Waals surface area (Å²) in [4.78, 5) is 0. The summed E-state index contributed by atoms with van der Waals surface area (Å²) in [7, 11) is 1.76. The van der Waals surface area contributed by atoms with E-state index in [4.69, 9.17) is 14.2 Å². The summed E-state index contributed by atoms with van der Waals surface area (Å²) in [5.41, 5.74) is 3.39. The molecular formula is C22H28O3. The molecule has 1 aromatic rings. The Balaban J connectivity index is 1.63. The molecule has 1 saturated heterocycles. The van der Waals surface area contributed by atoms with Crippen molar-refractivity contribution in [3.05, 3.63) is 41.5 Å². The molecule has 1 heterocycles. The second-order valence-electron chi connectivity index (χ2n) is 8.54. The Morgan fingerprint density at radius 1 is 1.16 bits per heavy atom. The fraction of sp³-hybridized carbons (Fsp3) is 0.636. The molecule has 0 aromatic heterocycles. The number of ether oxygens (including phenoxy) is 3. The van der Waals surface area contributed by atoms with Crippen LogP contribution in [-0.2, 0) is 15.9 Å². The van der Waals surface area contributed by atoms with Crippen molar-refractivity contribution < 1.29 is 14.2 Å². The first-order valence-electron chi connectivity index (χ1n) is 9.75. The summed E-state index contributed by atoms with van der Waals surface area (Å²) in [5, 5.41) is 0.